The lowest BCUT2D eigenvalue weighted by Crippen LogP contribution is -2.26. The maximum absolute atomic E-state index is 11.6. The number of likely N-dealkylation sites (tertiary alicyclic amines) is 1. The molecule has 0 aliphatic carbocycles. The number of carbonyl (C=O) groups excluding carboxylic acids is 1. The van der Waals surface area contributed by atoms with Crippen LogP contribution in [0.2, 0.25) is 0 Å². The summed E-state index contributed by atoms with van der Waals surface area (Å²) in [6.45, 7) is 6.43. The predicted octanol–water partition coefficient (Wildman–Crippen LogP) is 1.95. The molecule has 1 aliphatic rings. The quantitative estimate of drug-likeness (QED) is 0.614. The number of ether oxygens (including phenoxy) is 1. The van der Waals surface area contributed by atoms with Gasteiger partial charge in [-0.25, -0.2) is 4.79 Å². The van der Waals surface area contributed by atoms with Crippen LogP contribution in [0.5, 0.6) is 0 Å². The summed E-state index contributed by atoms with van der Waals surface area (Å²) in [5.41, 5.74) is 7.91. The number of nitrogens with zero attached hydrogens (tertiary/aromatic N) is 1. The van der Waals surface area contributed by atoms with Gasteiger partial charge in [-0.2, -0.15) is 0 Å². The molecule has 3 N–H and O–H groups in total. The van der Waals surface area contributed by atoms with Crippen LogP contribution in [0.1, 0.15) is 30.1 Å². The number of hydrogen-bond donors (Lipinski definition) is 2. The van der Waals surface area contributed by atoms with Crippen molar-refractivity contribution >= 4 is 17.3 Å². The molecule has 0 saturated carbocycles. The molecule has 1 heterocycles. The maximum Gasteiger partial charge on any atom is 0.338 e. The molecular formula is C15H23N3O2. The molecule has 1 fully saturated rings. The van der Waals surface area contributed by atoms with Crippen molar-refractivity contribution in [3.8, 4) is 0 Å². The monoisotopic (exact) mass is 277 g/mol. The van der Waals surface area contributed by atoms with Crippen LogP contribution in [0.25, 0.3) is 0 Å². The largest absolute Gasteiger partial charge is 0.462 e. The first kappa shape index (κ1) is 14.7. The summed E-state index contributed by atoms with van der Waals surface area (Å²) in [5.74, 6) is -0.331. The van der Waals surface area contributed by atoms with E-state index < -0.39 is 0 Å². The van der Waals surface area contributed by atoms with Crippen molar-refractivity contribution < 1.29 is 9.53 Å². The second-order valence-electron chi connectivity index (χ2n) is 5.00. The maximum atomic E-state index is 11.6. The van der Waals surface area contributed by atoms with E-state index in [1.807, 2.05) is 6.07 Å². The van der Waals surface area contributed by atoms with Crippen molar-refractivity contribution in [3.63, 3.8) is 0 Å². The van der Waals surface area contributed by atoms with Crippen molar-refractivity contribution in [2.75, 3.05) is 43.8 Å². The fourth-order valence-corrected chi connectivity index (χ4v) is 2.42. The highest BCUT2D eigenvalue weighted by Crippen LogP contribution is 2.20. The zero-order valence-corrected chi connectivity index (χ0v) is 12.0. The van der Waals surface area contributed by atoms with E-state index >= 15 is 0 Å². The van der Waals surface area contributed by atoms with Gasteiger partial charge in [0.15, 0.2) is 0 Å². The summed E-state index contributed by atoms with van der Waals surface area (Å²) in [6.07, 6.45) is 2.60. The molecule has 1 aromatic rings. The van der Waals surface area contributed by atoms with E-state index in [-0.39, 0.29) is 5.97 Å². The third-order valence-corrected chi connectivity index (χ3v) is 3.50. The lowest BCUT2D eigenvalue weighted by atomic mass is 10.1. The van der Waals surface area contributed by atoms with E-state index in [0.29, 0.717) is 17.9 Å². The van der Waals surface area contributed by atoms with Crippen LogP contribution in [-0.2, 0) is 4.74 Å². The van der Waals surface area contributed by atoms with Crippen molar-refractivity contribution in [2.24, 2.45) is 0 Å². The van der Waals surface area contributed by atoms with Gasteiger partial charge >= 0.3 is 5.97 Å². The molecule has 0 atom stereocenters. The summed E-state index contributed by atoms with van der Waals surface area (Å²) in [5, 5.41) is 3.32. The Hall–Kier alpha value is -1.75. The number of esters is 1. The normalized spacial score (nSPS) is 15.2. The summed E-state index contributed by atoms with van der Waals surface area (Å²) < 4.78 is 4.95. The molecule has 1 aromatic carbocycles. The Bertz CT molecular complexity index is 456. The summed E-state index contributed by atoms with van der Waals surface area (Å²) in [6, 6.07) is 5.24. The van der Waals surface area contributed by atoms with Crippen LogP contribution in [0.4, 0.5) is 11.4 Å². The highest BCUT2D eigenvalue weighted by Gasteiger charge is 2.11. The van der Waals surface area contributed by atoms with Crippen LogP contribution >= 0.6 is 0 Å². The Kier molecular flexibility index (Phi) is 5.24. The number of nitrogen functional groups attached to an aromatic ring is 1. The molecule has 0 bridgehead atoms. The first-order valence-corrected chi connectivity index (χ1v) is 7.23. The molecule has 0 amide bonds. The van der Waals surface area contributed by atoms with Crippen LogP contribution in [0.15, 0.2) is 18.2 Å². The molecule has 5 heteroatoms. The summed E-state index contributed by atoms with van der Waals surface area (Å²) >= 11 is 0. The number of hydrogen-bond acceptors (Lipinski definition) is 5. The van der Waals surface area contributed by atoms with Crippen molar-refractivity contribution in [3.05, 3.63) is 23.8 Å². The molecule has 0 spiro atoms. The highest BCUT2D eigenvalue weighted by molar-refractivity contribution is 5.91. The van der Waals surface area contributed by atoms with Crippen molar-refractivity contribution in [1.82, 2.24) is 4.90 Å². The Morgan fingerprint density at radius 1 is 1.40 bits per heavy atom. The molecule has 0 unspecified atom stereocenters. The zero-order valence-electron chi connectivity index (χ0n) is 12.0. The van der Waals surface area contributed by atoms with Gasteiger partial charge in [0.2, 0.25) is 0 Å². The van der Waals surface area contributed by atoms with Crippen molar-refractivity contribution in [2.45, 2.75) is 19.8 Å². The summed E-state index contributed by atoms with van der Waals surface area (Å²) in [4.78, 5) is 14.0. The molecule has 2 rings (SSSR count). The van der Waals surface area contributed by atoms with E-state index in [9.17, 15) is 4.79 Å². The Morgan fingerprint density at radius 3 is 2.80 bits per heavy atom. The minimum atomic E-state index is -0.331. The smallest absolute Gasteiger partial charge is 0.338 e. The molecular weight excluding hydrogens is 254 g/mol. The Balaban J connectivity index is 1.87. The Morgan fingerprint density at radius 2 is 2.15 bits per heavy atom. The van der Waals surface area contributed by atoms with Crippen LogP contribution in [0.3, 0.4) is 0 Å². The van der Waals surface area contributed by atoms with Gasteiger partial charge in [0.1, 0.15) is 0 Å². The van der Waals surface area contributed by atoms with Crippen LogP contribution < -0.4 is 11.1 Å². The third kappa shape index (κ3) is 3.87. The average Bonchev–Trinajstić information content (AvgIpc) is 2.94. The zero-order chi connectivity index (χ0) is 14.4. The van der Waals surface area contributed by atoms with E-state index in [4.69, 9.17) is 10.5 Å². The van der Waals surface area contributed by atoms with E-state index in [1.54, 1.807) is 19.1 Å². The number of benzene rings is 1. The SMILES string of the molecule is CCOC(=O)c1ccc(NCCN2CCCC2)c(N)c1. The average molecular weight is 277 g/mol. The lowest BCUT2D eigenvalue weighted by molar-refractivity contribution is 0.0526. The van der Waals surface area contributed by atoms with Gasteiger partial charge in [-0.3, -0.25) is 0 Å². The van der Waals surface area contributed by atoms with E-state index in [0.717, 1.165) is 18.8 Å². The standard InChI is InChI=1S/C15H23N3O2/c1-2-20-15(19)12-5-6-14(13(16)11-12)17-7-10-18-8-3-4-9-18/h5-6,11,17H,2-4,7-10,16H2,1H3. The molecule has 5 nitrogen and oxygen atoms in total. The van der Waals surface area contributed by atoms with Gasteiger partial charge in [-0.05, 0) is 51.1 Å². The van der Waals surface area contributed by atoms with Gasteiger partial charge in [0.25, 0.3) is 0 Å². The minimum absolute atomic E-state index is 0.331. The van der Waals surface area contributed by atoms with Crippen molar-refractivity contribution in [1.29, 1.82) is 0 Å². The molecule has 110 valence electrons. The van der Waals surface area contributed by atoms with Gasteiger partial charge in [-0.15, -0.1) is 0 Å². The first-order valence-electron chi connectivity index (χ1n) is 7.23. The number of anilines is 2. The first-order chi connectivity index (χ1) is 9.70. The number of rotatable bonds is 6. The molecule has 0 radical (unpaired) electrons. The van der Waals surface area contributed by atoms with E-state index in [2.05, 4.69) is 10.2 Å². The van der Waals surface area contributed by atoms with Crippen LogP contribution in [-0.4, -0.2) is 43.7 Å². The molecule has 0 aromatic heterocycles. The topological polar surface area (TPSA) is 67.6 Å². The predicted molar refractivity (Wildman–Crippen MR) is 81.0 cm³/mol. The second-order valence-corrected chi connectivity index (χ2v) is 5.00. The van der Waals surface area contributed by atoms with Gasteiger partial charge in [0, 0.05) is 13.1 Å². The van der Waals surface area contributed by atoms with Gasteiger partial charge in [-0.1, -0.05) is 0 Å². The summed E-state index contributed by atoms with van der Waals surface area (Å²) in [7, 11) is 0. The van der Waals surface area contributed by atoms with Gasteiger partial charge in [0.05, 0.1) is 23.5 Å². The fourth-order valence-electron chi connectivity index (χ4n) is 2.42. The highest BCUT2D eigenvalue weighted by atomic mass is 16.5. The van der Waals surface area contributed by atoms with E-state index in [1.165, 1.54) is 25.9 Å². The van der Waals surface area contributed by atoms with Gasteiger partial charge < -0.3 is 20.7 Å². The minimum Gasteiger partial charge on any atom is -0.462 e. The lowest BCUT2D eigenvalue weighted by Gasteiger charge is -2.16. The molecule has 1 aliphatic heterocycles. The number of nitrogens with one attached hydrogen (secondary N) is 1. The fraction of sp³-hybridized carbons (Fsp3) is 0.533. The number of carbonyl (C=O) groups is 1. The number of nitrogens with two attached hydrogens (primary N) is 1. The third-order valence-electron chi connectivity index (χ3n) is 3.50. The Labute approximate surface area is 120 Å². The molecule has 20 heavy (non-hydrogen) atoms. The molecule has 1 saturated heterocycles. The second kappa shape index (κ2) is 7.14. The van der Waals surface area contributed by atoms with Crippen LogP contribution in [0, 0.1) is 0 Å².